The van der Waals surface area contributed by atoms with E-state index in [9.17, 15) is 4.79 Å². The number of aromatic amines is 1. The van der Waals surface area contributed by atoms with Crippen molar-refractivity contribution in [2.24, 2.45) is 0 Å². The molecule has 0 fully saturated rings. The molecular weight excluding hydrogens is 216 g/mol. The van der Waals surface area contributed by atoms with Crippen LogP contribution in [-0.4, -0.2) is 27.6 Å². The van der Waals surface area contributed by atoms with Crippen molar-refractivity contribution < 1.29 is 4.79 Å². The molecule has 88 valence electrons. The highest BCUT2D eigenvalue weighted by Gasteiger charge is 1.96. The molecule has 2 heterocycles. The van der Waals surface area contributed by atoms with Gasteiger partial charge in [0.25, 0.3) is 0 Å². The number of hydrogen-bond acceptors (Lipinski definition) is 3. The Morgan fingerprint density at radius 2 is 2.41 bits per heavy atom. The monoisotopic (exact) mass is 230 g/mol. The maximum Gasteiger partial charge on any atom is 0.216 e. The van der Waals surface area contributed by atoms with Gasteiger partial charge in [-0.25, -0.2) is 4.98 Å². The molecule has 17 heavy (non-hydrogen) atoms. The second kappa shape index (κ2) is 5.25. The number of fused-ring (bicyclic) bond motifs is 1. The number of rotatable bonds is 4. The average Bonchev–Trinajstić information content (AvgIpc) is 2.75. The van der Waals surface area contributed by atoms with Gasteiger partial charge in [0, 0.05) is 25.1 Å². The maximum atomic E-state index is 10.6. The normalized spacial score (nSPS) is 11.1. The minimum absolute atomic E-state index is 0.000108. The van der Waals surface area contributed by atoms with Crippen molar-refractivity contribution in [1.82, 2.24) is 20.5 Å². The molecule has 0 aliphatic carbocycles. The summed E-state index contributed by atoms with van der Waals surface area (Å²) in [5, 5.41) is 10.4. The summed E-state index contributed by atoms with van der Waals surface area (Å²) in [5.41, 5.74) is 1.82. The van der Waals surface area contributed by atoms with Crippen LogP contribution >= 0.6 is 0 Å². The molecule has 0 atom stereocenters. The van der Waals surface area contributed by atoms with E-state index in [4.69, 9.17) is 0 Å². The van der Waals surface area contributed by atoms with Crippen LogP contribution in [0.2, 0.25) is 0 Å². The van der Waals surface area contributed by atoms with Gasteiger partial charge in [0.05, 0.1) is 6.20 Å². The second-order valence-corrected chi connectivity index (χ2v) is 3.75. The maximum absolute atomic E-state index is 10.6. The molecule has 2 N–H and O–H groups in total. The van der Waals surface area contributed by atoms with Gasteiger partial charge in [-0.05, 0) is 18.1 Å². The standard InChI is InChI=1S/C12H14N4O/c1-9(17)13-5-3-2-4-10-6-11-8-15-16-12(11)14-7-10/h2,4,6-8H,3,5H2,1H3,(H,13,17)(H,14,15,16). The van der Waals surface area contributed by atoms with Gasteiger partial charge in [-0.2, -0.15) is 5.10 Å². The topological polar surface area (TPSA) is 70.7 Å². The first kappa shape index (κ1) is 11.3. The van der Waals surface area contributed by atoms with Gasteiger partial charge in [0.1, 0.15) is 0 Å². The summed E-state index contributed by atoms with van der Waals surface area (Å²) in [6.07, 6.45) is 8.34. The molecule has 0 saturated carbocycles. The van der Waals surface area contributed by atoms with E-state index in [1.807, 2.05) is 18.2 Å². The van der Waals surface area contributed by atoms with Crippen LogP contribution in [0.5, 0.6) is 0 Å². The Bertz CT molecular complexity index is 544. The van der Waals surface area contributed by atoms with Gasteiger partial charge in [-0.1, -0.05) is 12.2 Å². The van der Waals surface area contributed by atoms with Crippen LogP contribution in [-0.2, 0) is 4.79 Å². The average molecular weight is 230 g/mol. The van der Waals surface area contributed by atoms with E-state index in [-0.39, 0.29) is 5.91 Å². The quantitative estimate of drug-likeness (QED) is 0.782. The molecule has 0 saturated heterocycles. The lowest BCUT2D eigenvalue weighted by Crippen LogP contribution is -2.20. The van der Waals surface area contributed by atoms with Crippen molar-refractivity contribution in [1.29, 1.82) is 0 Å². The summed E-state index contributed by atoms with van der Waals surface area (Å²) in [6, 6.07) is 2.01. The zero-order valence-corrected chi connectivity index (χ0v) is 9.60. The summed E-state index contributed by atoms with van der Waals surface area (Å²) in [6.45, 7) is 2.17. The lowest BCUT2D eigenvalue weighted by Gasteiger charge is -1.97. The van der Waals surface area contributed by atoms with E-state index < -0.39 is 0 Å². The fourth-order valence-corrected chi connectivity index (χ4v) is 1.50. The van der Waals surface area contributed by atoms with Crippen LogP contribution in [0.25, 0.3) is 17.1 Å². The molecule has 0 aromatic carbocycles. The molecule has 5 heteroatoms. The highest BCUT2D eigenvalue weighted by atomic mass is 16.1. The van der Waals surface area contributed by atoms with E-state index in [1.165, 1.54) is 6.92 Å². The number of carbonyl (C=O) groups excluding carboxylic acids is 1. The third-order valence-corrected chi connectivity index (χ3v) is 2.31. The minimum atomic E-state index is -0.000108. The number of amides is 1. The summed E-state index contributed by atoms with van der Waals surface area (Å²) in [4.78, 5) is 14.9. The Kier molecular flexibility index (Phi) is 3.49. The van der Waals surface area contributed by atoms with Crippen LogP contribution in [0.15, 0.2) is 24.5 Å². The zero-order chi connectivity index (χ0) is 12.1. The molecule has 0 bridgehead atoms. The van der Waals surface area contributed by atoms with Crippen molar-refractivity contribution in [3.8, 4) is 0 Å². The molecular formula is C12H14N4O. The fraction of sp³-hybridized carbons (Fsp3) is 0.250. The van der Waals surface area contributed by atoms with Gasteiger partial charge in [0.15, 0.2) is 5.65 Å². The third-order valence-electron chi connectivity index (χ3n) is 2.31. The van der Waals surface area contributed by atoms with E-state index in [2.05, 4.69) is 20.5 Å². The first-order valence-corrected chi connectivity index (χ1v) is 5.46. The minimum Gasteiger partial charge on any atom is -0.356 e. The van der Waals surface area contributed by atoms with Crippen molar-refractivity contribution in [3.05, 3.63) is 30.1 Å². The third kappa shape index (κ3) is 3.14. The van der Waals surface area contributed by atoms with Gasteiger partial charge in [0.2, 0.25) is 5.91 Å². The van der Waals surface area contributed by atoms with Gasteiger partial charge < -0.3 is 5.32 Å². The molecule has 0 unspecified atom stereocenters. The first-order valence-electron chi connectivity index (χ1n) is 5.46. The number of carbonyl (C=O) groups is 1. The van der Waals surface area contributed by atoms with Crippen molar-refractivity contribution >= 4 is 23.0 Å². The van der Waals surface area contributed by atoms with Crippen molar-refractivity contribution in [3.63, 3.8) is 0 Å². The van der Waals surface area contributed by atoms with E-state index in [0.29, 0.717) is 6.54 Å². The van der Waals surface area contributed by atoms with Crippen LogP contribution in [0, 0.1) is 0 Å². The summed E-state index contributed by atoms with van der Waals surface area (Å²) in [7, 11) is 0. The lowest BCUT2D eigenvalue weighted by atomic mass is 10.2. The summed E-state index contributed by atoms with van der Waals surface area (Å²) < 4.78 is 0. The van der Waals surface area contributed by atoms with Crippen molar-refractivity contribution in [2.75, 3.05) is 6.54 Å². The van der Waals surface area contributed by atoms with Gasteiger partial charge in [-0.3, -0.25) is 9.89 Å². The Balaban J connectivity index is 1.93. The lowest BCUT2D eigenvalue weighted by molar-refractivity contribution is -0.118. The van der Waals surface area contributed by atoms with E-state index in [1.54, 1.807) is 12.4 Å². The Labute approximate surface area is 98.9 Å². The first-order chi connectivity index (χ1) is 8.25. The number of nitrogens with zero attached hydrogens (tertiary/aromatic N) is 2. The predicted molar refractivity (Wildman–Crippen MR) is 66.2 cm³/mol. The van der Waals surface area contributed by atoms with Crippen LogP contribution in [0.4, 0.5) is 0 Å². The molecule has 2 aromatic rings. The molecule has 0 radical (unpaired) electrons. The number of nitrogens with one attached hydrogen (secondary N) is 2. The fourth-order valence-electron chi connectivity index (χ4n) is 1.50. The van der Waals surface area contributed by atoms with Gasteiger partial charge >= 0.3 is 0 Å². The number of pyridine rings is 1. The smallest absolute Gasteiger partial charge is 0.216 e. The van der Waals surface area contributed by atoms with Crippen LogP contribution in [0.3, 0.4) is 0 Å². The Hall–Kier alpha value is -2.17. The number of H-pyrrole nitrogens is 1. The number of hydrogen-bond donors (Lipinski definition) is 2. The highest BCUT2D eigenvalue weighted by Crippen LogP contribution is 2.10. The largest absolute Gasteiger partial charge is 0.356 e. The molecule has 0 aliphatic heterocycles. The summed E-state index contributed by atoms with van der Waals surface area (Å²) >= 11 is 0. The van der Waals surface area contributed by atoms with E-state index in [0.717, 1.165) is 23.0 Å². The van der Waals surface area contributed by atoms with Crippen LogP contribution < -0.4 is 5.32 Å². The molecule has 0 spiro atoms. The van der Waals surface area contributed by atoms with E-state index >= 15 is 0 Å². The second-order valence-electron chi connectivity index (χ2n) is 3.75. The molecule has 2 aromatic heterocycles. The van der Waals surface area contributed by atoms with Crippen molar-refractivity contribution in [2.45, 2.75) is 13.3 Å². The van der Waals surface area contributed by atoms with Crippen LogP contribution in [0.1, 0.15) is 18.9 Å². The van der Waals surface area contributed by atoms with Gasteiger partial charge in [-0.15, -0.1) is 0 Å². The predicted octanol–water partition coefficient (Wildman–Crippen LogP) is 1.50. The SMILES string of the molecule is CC(=O)NCCC=Cc1cnc2[nH]ncc2c1. The number of aromatic nitrogens is 3. The summed E-state index contributed by atoms with van der Waals surface area (Å²) in [5.74, 6) is -0.000108. The highest BCUT2D eigenvalue weighted by molar-refractivity contribution is 5.76. The molecule has 5 nitrogen and oxygen atoms in total. The Morgan fingerprint density at radius 3 is 3.24 bits per heavy atom. The molecule has 2 rings (SSSR count). The molecule has 1 amide bonds. The zero-order valence-electron chi connectivity index (χ0n) is 9.60. The Morgan fingerprint density at radius 1 is 1.53 bits per heavy atom. The molecule has 0 aliphatic rings.